The van der Waals surface area contributed by atoms with Gasteiger partial charge in [0, 0.05) is 5.56 Å². The molecule has 0 unspecified atom stereocenters. The van der Waals surface area contributed by atoms with Crippen LogP contribution in [0.4, 0.5) is 5.69 Å². The van der Waals surface area contributed by atoms with Crippen molar-refractivity contribution in [2.75, 3.05) is 5.32 Å². The largest absolute Gasteiger partial charge is 0.343 e. The summed E-state index contributed by atoms with van der Waals surface area (Å²) in [4.78, 5) is 11.7. The molecule has 0 saturated heterocycles. The third-order valence-electron chi connectivity index (χ3n) is 2.19. The van der Waals surface area contributed by atoms with Crippen LogP contribution in [0.2, 0.25) is 0 Å². The first kappa shape index (κ1) is 8.38. The van der Waals surface area contributed by atoms with Crippen LogP contribution in [0.5, 0.6) is 0 Å². The zero-order valence-electron chi connectivity index (χ0n) is 7.26. The van der Waals surface area contributed by atoms with Crippen molar-refractivity contribution in [1.82, 2.24) is 0 Å². The fraction of sp³-hybridized carbons (Fsp3) is 0.200. The summed E-state index contributed by atoms with van der Waals surface area (Å²) in [6.07, 6.45) is 0.968. The second-order valence-corrected chi connectivity index (χ2v) is 3.42. The number of anilines is 1. The first-order valence-electron chi connectivity index (χ1n) is 4.21. The third kappa shape index (κ3) is 1.25. The Labute approximate surface area is 82.0 Å². The van der Waals surface area contributed by atoms with Crippen LogP contribution in [0.1, 0.15) is 22.8 Å². The maximum atomic E-state index is 11.4. The zero-order valence-corrected chi connectivity index (χ0v) is 8.07. The number of fused-ring (bicyclic) bond motifs is 1. The highest BCUT2D eigenvalue weighted by Crippen LogP contribution is 2.24. The Morgan fingerprint density at radius 2 is 2.23 bits per heavy atom. The number of ketones is 1. The first-order valence-corrected chi connectivity index (χ1v) is 4.62. The van der Waals surface area contributed by atoms with E-state index in [9.17, 15) is 4.79 Å². The molecule has 3 heteroatoms. The van der Waals surface area contributed by atoms with E-state index in [1.54, 1.807) is 0 Å². The van der Waals surface area contributed by atoms with E-state index in [1.165, 1.54) is 5.56 Å². The topological polar surface area (TPSA) is 29.1 Å². The van der Waals surface area contributed by atoms with E-state index in [0.717, 1.165) is 12.1 Å². The number of carbonyl (C=O) groups excluding carboxylic acids is 1. The van der Waals surface area contributed by atoms with Gasteiger partial charge in [-0.15, -0.1) is 0 Å². The molecule has 1 aliphatic heterocycles. The number of nitrogens with one attached hydrogen (secondary N) is 1. The lowest BCUT2D eigenvalue weighted by Crippen LogP contribution is -2.09. The molecule has 0 atom stereocenters. The Morgan fingerprint density at radius 1 is 1.46 bits per heavy atom. The molecule has 0 saturated carbocycles. The van der Waals surface area contributed by atoms with E-state index in [4.69, 9.17) is 12.2 Å². The molecule has 1 aliphatic rings. The van der Waals surface area contributed by atoms with Gasteiger partial charge in [-0.3, -0.25) is 4.79 Å². The van der Waals surface area contributed by atoms with Crippen LogP contribution in [0.15, 0.2) is 18.2 Å². The number of carbonyl (C=O) groups is 1. The Kier molecular flexibility index (Phi) is 1.88. The lowest BCUT2D eigenvalue weighted by Gasteiger charge is -2.00. The quantitative estimate of drug-likeness (QED) is 0.690. The average molecular weight is 191 g/mol. The molecule has 2 nitrogen and oxygen atoms in total. The van der Waals surface area contributed by atoms with Crippen LogP contribution < -0.4 is 5.32 Å². The molecule has 0 fully saturated rings. The summed E-state index contributed by atoms with van der Waals surface area (Å²) in [7, 11) is 0. The predicted octanol–water partition coefficient (Wildman–Crippen LogP) is 2.18. The van der Waals surface area contributed by atoms with Gasteiger partial charge in [0.25, 0.3) is 0 Å². The first-order chi connectivity index (χ1) is 6.22. The Bertz CT molecular complexity index is 398. The Balaban J connectivity index is 2.52. The Morgan fingerprint density at radius 3 is 2.92 bits per heavy atom. The van der Waals surface area contributed by atoms with E-state index < -0.39 is 0 Å². The smallest absolute Gasteiger partial charge is 0.222 e. The lowest BCUT2D eigenvalue weighted by atomic mass is 10.1. The van der Waals surface area contributed by atoms with Gasteiger partial charge in [0.15, 0.2) is 4.99 Å². The van der Waals surface area contributed by atoms with E-state index in [0.29, 0.717) is 10.6 Å². The second-order valence-electron chi connectivity index (χ2n) is 3.02. The zero-order chi connectivity index (χ0) is 9.42. The third-order valence-corrected chi connectivity index (χ3v) is 2.48. The maximum Gasteiger partial charge on any atom is 0.222 e. The van der Waals surface area contributed by atoms with Crippen molar-refractivity contribution in [2.45, 2.75) is 13.3 Å². The van der Waals surface area contributed by atoms with Crippen LogP contribution in [-0.4, -0.2) is 10.8 Å². The average Bonchev–Trinajstić information content (AvgIpc) is 2.42. The van der Waals surface area contributed by atoms with Gasteiger partial charge in [-0.25, -0.2) is 0 Å². The molecule has 1 aromatic carbocycles. The van der Waals surface area contributed by atoms with Crippen molar-refractivity contribution >= 4 is 28.7 Å². The maximum absolute atomic E-state index is 11.4. The van der Waals surface area contributed by atoms with Crippen LogP contribution in [-0.2, 0) is 6.42 Å². The van der Waals surface area contributed by atoms with Crippen molar-refractivity contribution in [1.29, 1.82) is 0 Å². The number of hydrogen-bond acceptors (Lipinski definition) is 2. The second kappa shape index (κ2) is 2.92. The summed E-state index contributed by atoms with van der Waals surface area (Å²) >= 11 is 4.87. The fourth-order valence-corrected chi connectivity index (χ4v) is 1.63. The summed E-state index contributed by atoms with van der Waals surface area (Å²) in [6, 6.07) is 5.78. The van der Waals surface area contributed by atoms with Crippen molar-refractivity contribution < 1.29 is 4.79 Å². The molecule has 13 heavy (non-hydrogen) atoms. The summed E-state index contributed by atoms with van der Waals surface area (Å²) in [5, 5.41) is 2.90. The predicted molar refractivity (Wildman–Crippen MR) is 56.4 cm³/mol. The summed E-state index contributed by atoms with van der Waals surface area (Å²) in [6.45, 7) is 2.08. The van der Waals surface area contributed by atoms with Gasteiger partial charge in [0.1, 0.15) is 0 Å². The summed E-state index contributed by atoms with van der Waals surface area (Å²) in [5.41, 5.74) is 2.76. The highest BCUT2D eigenvalue weighted by atomic mass is 32.1. The van der Waals surface area contributed by atoms with Gasteiger partial charge < -0.3 is 5.32 Å². The van der Waals surface area contributed by atoms with E-state index in [2.05, 4.69) is 12.2 Å². The van der Waals surface area contributed by atoms with Crippen molar-refractivity contribution in [3.8, 4) is 0 Å². The van der Waals surface area contributed by atoms with Gasteiger partial charge >= 0.3 is 0 Å². The molecule has 0 bridgehead atoms. The van der Waals surface area contributed by atoms with Crippen molar-refractivity contribution in [3.05, 3.63) is 29.3 Å². The minimum atomic E-state index is -0.0624. The standard InChI is InChI=1S/C10H9NOS/c1-2-6-3-4-7-8(5-6)11-10(13)9(7)12/h3-5H,2H2,1H3,(H,11,12,13). The molecule has 0 radical (unpaired) electrons. The SMILES string of the molecule is CCc1ccc2c(c1)NC(=S)C2=O. The fourth-order valence-electron chi connectivity index (χ4n) is 1.41. The van der Waals surface area contributed by atoms with Gasteiger partial charge in [-0.2, -0.15) is 0 Å². The van der Waals surface area contributed by atoms with Crippen molar-refractivity contribution in [3.63, 3.8) is 0 Å². The van der Waals surface area contributed by atoms with Crippen LogP contribution in [0.25, 0.3) is 0 Å². The molecule has 0 spiro atoms. The molecule has 0 aromatic heterocycles. The van der Waals surface area contributed by atoms with E-state index >= 15 is 0 Å². The number of aryl methyl sites for hydroxylation is 1. The van der Waals surface area contributed by atoms with Gasteiger partial charge in [-0.05, 0) is 24.1 Å². The number of benzene rings is 1. The highest BCUT2D eigenvalue weighted by Gasteiger charge is 2.23. The molecule has 1 heterocycles. The summed E-state index contributed by atoms with van der Waals surface area (Å²) < 4.78 is 0. The number of rotatable bonds is 1. The van der Waals surface area contributed by atoms with Gasteiger partial charge in [-0.1, -0.05) is 25.2 Å². The van der Waals surface area contributed by atoms with Crippen LogP contribution in [0.3, 0.4) is 0 Å². The molecule has 2 rings (SSSR count). The molecule has 66 valence electrons. The van der Waals surface area contributed by atoms with E-state index in [1.807, 2.05) is 18.2 Å². The molecule has 1 aromatic rings. The lowest BCUT2D eigenvalue weighted by molar-refractivity contribution is 0.107. The number of Topliss-reactive ketones (excluding diaryl/α,β-unsaturated/α-hetero) is 1. The molecular weight excluding hydrogens is 182 g/mol. The van der Waals surface area contributed by atoms with Crippen LogP contribution >= 0.6 is 12.2 Å². The minimum absolute atomic E-state index is 0.0624. The molecular formula is C10H9NOS. The Hall–Kier alpha value is -1.22. The highest BCUT2D eigenvalue weighted by molar-refractivity contribution is 7.82. The monoisotopic (exact) mass is 191 g/mol. The molecule has 0 aliphatic carbocycles. The number of thiocarbonyl (C=S) groups is 1. The molecule has 0 amide bonds. The normalized spacial score (nSPS) is 14.2. The van der Waals surface area contributed by atoms with E-state index in [-0.39, 0.29) is 5.78 Å². The summed E-state index contributed by atoms with van der Waals surface area (Å²) in [5.74, 6) is -0.0624. The van der Waals surface area contributed by atoms with Gasteiger partial charge in [0.05, 0.1) is 5.69 Å². The number of hydrogen-bond donors (Lipinski definition) is 1. The minimum Gasteiger partial charge on any atom is -0.343 e. The van der Waals surface area contributed by atoms with Gasteiger partial charge in [0.2, 0.25) is 5.78 Å². The molecule has 1 N–H and O–H groups in total. The van der Waals surface area contributed by atoms with Crippen molar-refractivity contribution in [2.24, 2.45) is 0 Å². The van der Waals surface area contributed by atoms with Crippen LogP contribution in [0, 0.1) is 0 Å².